The number of carbonyl (C=O) groups is 1. The zero-order valence-corrected chi connectivity index (χ0v) is 20.1. The Morgan fingerprint density at radius 3 is 2.88 bits per heavy atom. The number of benzene rings is 1. The van der Waals surface area contributed by atoms with Crippen molar-refractivity contribution in [3.63, 3.8) is 0 Å². The number of nitrogens with one attached hydrogen (secondary N) is 2. The standard InChI is InChI=1S/C23H24N6O3S2/c1-2-28-19-8-7-17(13-18(19)27-22(28)16-5-3-9-24-14-16)26-23(30)20-15-25-10-11-29(20)34(31,32)21-6-4-12-33-21/h3-9,12-14,20,25H,2,10-11,15H2,1H3,(H,26,30)/t20-/m0/s1. The minimum absolute atomic E-state index is 0.229. The summed E-state index contributed by atoms with van der Waals surface area (Å²) in [4.78, 5) is 22.2. The Morgan fingerprint density at radius 1 is 1.26 bits per heavy atom. The van der Waals surface area contributed by atoms with Gasteiger partial charge in [-0.05, 0) is 48.7 Å². The van der Waals surface area contributed by atoms with E-state index in [1.54, 1.807) is 29.9 Å². The number of rotatable bonds is 6. The zero-order valence-electron chi connectivity index (χ0n) is 18.5. The maximum absolute atomic E-state index is 13.2. The molecule has 1 saturated heterocycles. The normalized spacial score (nSPS) is 17.1. The number of piperazine rings is 1. The van der Waals surface area contributed by atoms with E-state index in [-0.39, 0.29) is 23.2 Å². The lowest BCUT2D eigenvalue weighted by Crippen LogP contribution is -2.58. The molecule has 176 valence electrons. The molecule has 1 aliphatic rings. The largest absolute Gasteiger partial charge is 0.325 e. The van der Waals surface area contributed by atoms with E-state index < -0.39 is 16.1 Å². The van der Waals surface area contributed by atoms with Gasteiger partial charge in [0.25, 0.3) is 10.0 Å². The molecule has 11 heteroatoms. The van der Waals surface area contributed by atoms with Gasteiger partial charge in [-0.2, -0.15) is 4.31 Å². The molecule has 1 atom stereocenters. The van der Waals surface area contributed by atoms with E-state index in [4.69, 9.17) is 4.98 Å². The van der Waals surface area contributed by atoms with Crippen LogP contribution in [0.2, 0.25) is 0 Å². The number of aromatic nitrogens is 3. The Kier molecular flexibility index (Phi) is 6.17. The summed E-state index contributed by atoms with van der Waals surface area (Å²) in [5.41, 5.74) is 3.16. The van der Waals surface area contributed by atoms with E-state index in [1.165, 1.54) is 4.31 Å². The van der Waals surface area contributed by atoms with Crippen LogP contribution in [0.3, 0.4) is 0 Å². The average Bonchev–Trinajstić information content (AvgIpc) is 3.53. The molecular formula is C23H24N6O3S2. The highest BCUT2D eigenvalue weighted by Crippen LogP contribution is 2.27. The van der Waals surface area contributed by atoms with Gasteiger partial charge in [-0.15, -0.1) is 11.3 Å². The lowest BCUT2D eigenvalue weighted by atomic mass is 10.2. The van der Waals surface area contributed by atoms with Crippen LogP contribution >= 0.6 is 11.3 Å². The van der Waals surface area contributed by atoms with Crippen molar-refractivity contribution in [3.05, 3.63) is 60.2 Å². The van der Waals surface area contributed by atoms with E-state index in [1.807, 2.05) is 30.3 Å². The predicted molar refractivity (Wildman–Crippen MR) is 132 cm³/mol. The summed E-state index contributed by atoms with van der Waals surface area (Å²) in [5.74, 6) is 0.424. The predicted octanol–water partition coefficient (Wildman–Crippen LogP) is 2.78. The Hall–Kier alpha value is -3.12. The smallest absolute Gasteiger partial charge is 0.253 e. The SMILES string of the molecule is CCn1c(-c2cccnc2)nc2cc(NC(=O)[C@@H]3CNCCN3S(=O)(=O)c3cccs3)ccc21. The minimum atomic E-state index is -3.75. The lowest BCUT2D eigenvalue weighted by molar-refractivity contribution is -0.120. The molecule has 0 spiro atoms. The Bertz CT molecular complexity index is 1420. The molecule has 0 radical (unpaired) electrons. The Labute approximate surface area is 201 Å². The zero-order chi connectivity index (χ0) is 23.7. The molecule has 4 aromatic rings. The summed E-state index contributed by atoms with van der Waals surface area (Å²) in [6.45, 7) is 3.75. The summed E-state index contributed by atoms with van der Waals surface area (Å²) in [6, 6.07) is 11.8. The summed E-state index contributed by atoms with van der Waals surface area (Å²) in [5, 5.41) is 7.74. The van der Waals surface area contributed by atoms with Gasteiger partial charge in [0.2, 0.25) is 5.91 Å². The minimum Gasteiger partial charge on any atom is -0.325 e. The lowest BCUT2D eigenvalue weighted by Gasteiger charge is -2.33. The number of imidazole rings is 1. The van der Waals surface area contributed by atoms with Crippen LogP contribution in [0.15, 0.2) is 64.4 Å². The molecule has 0 saturated carbocycles. The number of anilines is 1. The fourth-order valence-corrected chi connectivity index (χ4v) is 6.90. The van der Waals surface area contributed by atoms with Gasteiger partial charge in [0.15, 0.2) is 0 Å². The molecule has 9 nitrogen and oxygen atoms in total. The number of sulfonamides is 1. The maximum Gasteiger partial charge on any atom is 0.253 e. The van der Waals surface area contributed by atoms with Gasteiger partial charge >= 0.3 is 0 Å². The summed E-state index contributed by atoms with van der Waals surface area (Å²) < 4.78 is 29.8. The van der Waals surface area contributed by atoms with Crippen LogP contribution < -0.4 is 10.6 Å². The fraction of sp³-hybridized carbons (Fsp3) is 0.261. The van der Waals surface area contributed by atoms with Crippen LogP contribution in [0.5, 0.6) is 0 Å². The summed E-state index contributed by atoms with van der Waals surface area (Å²) in [6.07, 6.45) is 3.49. The van der Waals surface area contributed by atoms with Gasteiger partial charge in [-0.3, -0.25) is 9.78 Å². The number of hydrogen-bond donors (Lipinski definition) is 2. The first-order valence-corrected chi connectivity index (χ1v) is 13.3. The molecule has 1 amide bonds. The highest BCUT2D eigenvalue weighted by molar-refractivity contribution is 7.91. The topological polar surface area (TPSA) is 109 Å². The molecule has 5 rings (SSSR count). The molecule has 0 bridgehead atoms. The molecule has 2 N–H and O–H groups in total. The van der Waals surface area contributed by atoms with Crippen LogP contribution in [0.25, 0.3) is 22.4 Å². The molecule has 4 heterocycles. The number of thiophene rings is 1. The highest BCUT2D eigenvalue weighted by atomic mass is 32.2. The number of aryl methyl sites for hydroxylation is 1. The monoisotopic (exact) mass is 496 g/mol. The van der Waals surface area contributed by atoms with Crippen LogP contribution in [0, 0.1) is 0 Å². The first-order valence-electron chi connectivity index (χ1n) is 11.0. The number of carbonyl (C=O) groups excluding carboxylic acids is 1. The van der Waals surface area contributed by atoms with Gasteiger partial charge < -0.3 is 15.2 Å². The van der Waals surface area contributed by atoms with Crippen molar-refractivity contribution in [1.29, 1.82) is 0 Å². The average molecular weight is 497 g/mol. The van der Waals surface area contributed by atoms with Crippen molar-refractivity contribution in [2.45, 2.75) is 23.7 Å². The second-order valence-electron chi connectivity index (χ2n) is 7.88. The van der Waals surface area contributed by atoms with Crippen LogP contribution in [0.1, 0.15) is 6.92 Å². The number of fused-ring (bicyclic) bond motifs is 1. The third kappa shape index (κ3) is 4.11. The molecule has 0 unspecified atom stereocenters. The highest BCUT2D eigenvalue weighted by Gasteiger charge is 2.38. The van der Waals surface area contributed by atoms with E-state index in [0.717, 1.165) is 40.3 Å². The van der Waals surface area contributed by atoms with Gasteiger partial charge in [0.1, 0.15) is 16.1 Å². The molecule has 34 heavy (non-hydrogen) atoms. The van der Waals surface area contributed by atoms with E-state index in [2.05, 4.69) is 27.1 Å². The third-order valence-corrected chi connectivity index (χ3v) is 9.09. The van der Waals surface area contributed by atoms with Crippen molar-refractivity contribution in [3.8, 4) is 11.4 Å². The number of hydrogen-bond acceptors (Lipinski definition) is 7. The number of nitrogens with zero attached hydrogens (tertiary/aromatic N) is 4. The quantitative estimate of drug-likeness (QED) is 0.425. The van der Waals surface area contributed by atoms with E-state index >= 15 is 0 Å². The van der Waals surface area contributed by atoms with Gasteiger partial charge in [0, 0.05) is 49.8 Å². The first-order chi connectivity index (χ1) is 16.5. The van der Waals surface area contributed by atoms with Crippen molar-refractivity contribution < 1.29 is 13.2 Å². The molecule has 0 aliphatic carbocycles. The summed E-state index contributed by atoms with van der Waals surface area (Å²) >= 11 is 1.15. The summed E-state index contributed by atoms with van der Waals surface area (Å²) in [7, 11) is -3.75. The van der Waals surface area contributed by atoms with Gasteiger partial charge in [0.05, 0.1) is 11.0 Å². The molecular weight excluding hydrogens is 472 g/mol. The van der Waals surface area contributed by atoms with Gasteiger partial charge in [-0.25, -0.2) is 13.4 Å². The van der Waals surface area contributed by atoms with Crippen LogP contribution in [0.4, 0.5) is 5.69 Å². The van der Waals surface area contributed by atoms with Crippen LogP contribution in [-0.4, -0.2) is 58.8 Å². The second kappa shape index (κ2) is 9.26. The van der Waals surface area contributed by atoms with Crippen molar-refractivity contribution in [2.75, 3.05) is 25.0 Å². The van der Waals surface area contributed by atoms with Crippen molar-refractivity contribution in [1.82, 2.24) is 24.2 Å². The number of pyridine rings is 1. The maximum atomic E-state index is 13.2. The molecule has 1 fully saturated rings. The van der Waals surface area contributed by atoms with Crippen LogP contribution in [-0.2, 0) is 21.4 Å². The molecule has 1 aromatic carbocycles. The van der Waals surface area contributed by atoms with E-state index in [0.29, 0.717) is 12.2 Å². The molecule has 3 aromatic heterocycles. The fourth-order valence-electron chi connectivity index (χ4n) is 4.19. The Balaban J connectivity index is 1.42. The third-order valence-electron chi connectivity index (χ3n) is 5.81. The molecule has 1 aliphatic heterocycles. The van der Waals surface area contributed by atoms with E-state index in [9.17, 15) is 13.2 Å². The van der Waals surface area contributed by atoms with Crippen molar-refractivity contribution in [2.24, 2.45) is 0 Å². The van der Waals surface area contributed by atoms with Gasteiger partial charge in [-0.1, -0.05) is 6.07 Å². The van der Waals surface area contributed by atoms with Crippen molar-refractivity contribution >= 4 is 44.0 Å². The second-order valence-corrected chi connectivity index (χ2v) is 10.9. The Morgan fingerprint density at radius 2 is 2.15 bits per heavy atom. The first kappa shape index (κ1) is 22.7. The number of amides is 1.